The molecule has 6 nitrogen and oxygen atoms in total. The van der Waals surface area contributed by atoms with E-state index < -0.39 is 20.0 Å². The van der Waals surface area contributed by atoms with Crippen LogP contribution in [-0.2, 0) is 20.0 Å². The van der Waals surface area contributed by atoms with E-state index in [1.54, 1.807) is 24.3 Å². The zero-order valence-corrected chi connectivity index (χ0v) is 11.4. The minimum absolute atomic E-state index is 0.594. The number of nitrogens with zero attached hydrogens (tertiary/aromatic N) is 2. The van der Waals surface area contributed by atoms with Crippen LogP contribution in [0.2, 0.25) is 0 Å². The van der Waals surface area contributed by atoms with Crippen LogP contribution < -0.4 is 0 Å². The molecule has 0 fully saturated rings. The lowest BCUT2D eigenvalue weighted by atomic mass is 10.2. The monoisotopic (exact) mass is 288 g/mol. The first-order chi connectivity index (χ1) is 8.16. The molecule has 0 N–H and O–H groups in total. The fourth-order valence-corrected chi connectivity index (χ4v) is 1.61. The van der Waals surface area contributed by atoms with E-state index >= 15 is 0 Å². The number of rotatable bonds is 4. The van der Waals surface area contributed by atoms with Crippen LogP contribution in [0.15, 0.2) is 33.1 Å². The van der Waals surface area contributed by atoms with Gasteiger partial charge in [-0.15, -0.1) is 0 Å². The van der Waals surface area contributed by atoms with Gasteiger partial charge in [-0.1, -0.05) is 24.3 Å². The van der Waals surface area contributed by atoms with E-state index in [1.807, 2.05) is 0 Å². The van der Waals surface area contributed by atoms with Crippen LogP contribution in [0.3, 0.4) is 0 Å². The summed E-state index contributed by atoms with van der Waals surface area (Å²) in [5, 5.41) is 0. The number of hydrogen-bond donors (Lipinski definition) is 0. The molecule has 1 rings (SSSR count). The molecular weight excluding hydrogens is 276 g/mol. The van der Waals surface area contributed by atoms with Gasteiger partial charge in [0, 0.05) is 12.4 Å². The Bertz CT molecular complexity index is 610. The molecule has 18 heavy (non-hydrogen) atoms. The highest BCUT2D eigenvalue weighted by Gasteiger charge is 1.96. The first kappa shape index (κ1) is 14.5. The molecule has 0 spiro atoms. The summed E-state index contributed by atoms with van der Waals surface area (Å²) in [5.41, 5.74) is 1.19. The van der Waals surface area contributed by atoms with Gasteiger partial charge in [0.2, 0.25) is 20.0 Å². The Morgan fingerprint density at radius 2 is 1.06 bits per heavy atom. The molecule has 1 aromatic carbocycles. The fourth-order valence-electron chi connectivity index (χ4n) is 0.981. The summed E-state index contributed by atoms with van der Waals surface area (Å²) in [6.45, 7) is 0. The molecule has 0 aliphatic rings. The molecule has 8 heteroatoms. The minimum atomic E-state index is -3.40. The normalized spacial score (nSPS) is 13.4. The van der Waals surface area contributed by atoms with Crippen LogP contribution in [0.5, 0.6) is 0 Å². The van der Waals surface area contributed by atoms with E-state index in [1.165, 1.54) is 12.4 Å². The lowest BCUT2D eigenvalue weighted by molar-refractivity contribution is 0.602. The lowest BCUT2D eigenvalue weighted by Crippen LogP contribution is -1.93. The highest BCUT2D eigenvalue weighted by molar-refractivity contribution is 7.89. The van der Waals surface area contributed by atoms with Crippen LogP contribution in [0.1, 0.15) is 11.1 Å². The fraction of sp³-hybridized carbons (Fsp3) is 0.200. The second-order valence-electron chi connectivity index (χ2n) is 3.60. The predicted octanol–water partition coefficient (Wildman–Crippen LogP) is 0.444. The molecule has 98 valence electrons. The van der Waals surface area contributed by atoms with Gasteiger partial charge in [0.25, 0.3) is 0 Å². The molecule has 0 amide bonds. The average molecular weight is 288 g/mol. The molecule has 0 atom stereocenters. The van der Waals surface area contributed by atoms with Crippen LogP contribution in [-0.4, -0.2) is 41.8 Å². The molecule has 0 saturated heterocycles. The van der Waals surface area contributed by atoms with Crippen molar-refractivity contribution in [2.45, 2.75) is 0 Å². The third-order valence-electron chi connectivity index (χ3n) is 1.72. The molecule has 0 unspecified atom stereocenters. The summed E-state index contributed by atoms with van der Waals surface area (Å²) < 4.78 is 49.9. The third-order valence-corrected chi connectivity index (χ3v) is 2.70. The summed E-state index contributed by atoms with van der Waals surface area (Å²) in [7, 11) is -6.80. The van der Waals surface area contributed by atoms with Crippen molar-refractivity contribution >= 4 is 32.5 Å². The summed E-state index contributed by atoms with van der Waals surface area (Å²) in [6, 6.07) is 6.44. The Morgan fingerprint density at radius 3 is 1.28 bits per heavy atom. The van der Waals surface area contributed by atoms with Gasteiger partial charge in [0.05, 0.1) is 12.5 Å². The van der Waals surface area contributed by atoms with Gasteiger partial charge < -0.3 is 0 Å². The van der Waals surface area contributed by atoms with Crippen LogP contribution in [0.4, 0.5) is 0 Å². The molecule has 0 aromatic heterocycles. The Kier molecular flexibility index (Phi) is 4.36. The van der Waals surface area contributed by atoms with Crippen LogP contribution in [0, 0.1) is 0 Å². The number of hydrogen-bond acceptors (Lipinski definition) is 4. The average Bonchev–Trinajstić information content (AvgIpc) is 2.23. The van der Waals surface area contributed by atoms with Crippen LogP contribution in [0.25, 0.3) is 0 Å². The van der Waals surface area contributed by atoms with Crippen molar-refractivity contribution in [2.75, 3.05) is 12.5 Å². The lowest BCUT2D eigenvalue weighted by Gasteiger charge is -1.94. The maximum atomic E-state index is 10.8. The van der Waals surface area contributed by atoms with Crippen molar-refractivity contribution in [3.63, 3.8) is 0 Å². The van der Waals surface area contributed by atoms with Crippen molar-refractivity contribution < 1.29 is 16.8 Å². The standard InChI is InChI=1S/C10H12N2O4S2/c1-17(13,14)11-7-9-3-5-10(6-4-9)8-12-18(2,15)16/h3-8H,1-2H3/b11-7+,12-8+. The van der Waals surface area contributed by atoms with Gasteiger partial charge in [0.1, 0.15) is 0 Å². The van der Waals surface area contributed by atoms with Crippen molar-refractivity contribution in [3.05, 3.63) is 35.4 Å². The van der Waals surface area contributed by atoms with E-state index in [-0.39, 0.29) is 0 Å². The molecule has 0 bridgehead atoms. The van der Waals surface area contributed by atoms with Crippen molar-refractivity contribution in [3.8, 4) is 0 Å². The minimum Gasteiger partial charge on any atom is -0.205 e. The maximum Gasteiger partial charge on any atom is 0.250 e. The van der Waals surface area contributed by atoms with Gasteiger partial charge in [-0.05, 0) is 11.1 Å². The van der Waals surface area contributed by atoms with Gasteiger partial charge in [-0.25, -0.2) is 16.8 Å². The zero-order valence-electron chi connectivity index (χ0n) is 9.81. The van der Waals surface area contributed by atoms with Crippen LogP contribution >= 0.6 is 0 Å². The van der Waals surface area contributed by atoms with Gasteiger partial charge >= 0.3 is 0 Å². The largest absolute Gasteiger partial charge is 0.250 e. The molecule has 0 radical (unpaired) electrons. The summed E-state index contributed by atoms with van der Waals surface area (Å²) >= 11 is 0. The summed E-state index contributed by atoms with van der Waals surface area (Å²) in [5.74, 6) is 0. The third kappa shape index (κ3) is 6.26. The first-order valence-corrected chi connectivity index (χ1v) is 8.46. The summed E-state index contributed by atoms with van der Waals surface area (Å²) in [4.78, 5) is 0. The second kappa shape index (κ2) is 5.40. The SMILES string of the molecule is CS(=O)(=O)/N=C/c1ccc(/C=N/S(C)(=O)=O)cc1. The number of sulfonamides is 2. The molecule has 1 aromatic rings. The first-order valence-electron chi connectivity index (χ1n) is 4.76. The molecule has 0 heterocycles. The van der Waals surface area contributed by atoms with Gasteiger partial charge in [-0.2, -0.15) is 8.80 Å². The van der Waals surface area contributed by atoms with Gasteiger partial charge in [-0.3, -0.25) is 0 Å². The van der Waals surface area contributed by atoms with Crippen molar-refractivity contribution in [2.24, 2.45) is 8.80 Å². The molecule has 0 aliphatic heterocycles. The number of benzene rings is 1. The van der Waals surface area contributed by atoms with E-state index in [0.29, 0.717) is 11.1 Å². The zero-order chi connectivity index (χ0) is 13.8. The highest BCUT2D eigenvalue weighted by Crippen LogP contribution is 2.01. The predicted molar refractivity (Wildman–Crippen MR) is 71.3 cm³/mol. The van der Waals surface area contributed by atoms with Gasteiger partial charge in [0.15, 0.2) is 0 Å². The smallest absolute Gasteiger partial charge is 0.205 e. The Hall–Kier alpha value is -1.54. The van der Waals surface area contributed by atoms with E-state index in [9.17, 15) is 16.8 Å². The van der Waals surface area contributed by atoms with E-state index in [0.717, 1.165) is 12.5 Å². The maximum absolute atomic E-state index is 10.8. The Morgan fingerprint density at radius 1 is 0.778 bits per heavy atom. The summed E-state index contributed by atoms with van der Waals surface area (Å²) in [6.07, 6.45) is 4.42. The molecule has 0 aliphatic carbocycles. The molecule has 0 saturated carbocycles. The van der Waals surface area contributed by atoms with Crippen molar-refractivity contribution in [1.29, 1.82) is 0 Å². The van der Waals surface area contributed by atoms with Crippen molar-refractivity contribution in [1.82, 2.24) is 0 Å². The quantitative estimate of drug-likeness (QED) is 0.751. The molecular formula is C10H12N2O4S2. The van der Waals surface area contributed by atoms with E-state index in [4.69, 9.17) is 0 Å². The highest BCUT2D eigenvalue weighted by atomic mass is 32.2. The second-order valence-corrected chi connectivity index (χ2v) is 6.96. The Balaban J connectivity index is 2.88. The Labute approximate surface area is 106 Å². The van der Waals surface area contributed by atoms with E-state index in [2.05, 4.69) is 8.80 Å². The topological polar surface area (TPSA) is 93.0 Å².